The molecular weight excluding hydrogens is 700 g/mol. The molecule has 2 atom stereocenters. The quantitative estimate of drug-likeness (QED) is 0.165. The molecule has 2 amide bonds. The van der Waals surface area contributed by atoms with E-state index in [0.717, 1.165) is 26.8 Å². The van der Waals surface area contributed by atoms with Crippen molar-refractivity contribution >= 4 is 46.5 Å². The van der Waals surface area contributed by atoms with Crippen molar-refractivity contribution in [1.82, 2.24) is 9.80 Å². The van der Waals surface area contributed by atoms with Crippen LogP contribution in [-0.4, -0.2) is 120 Å². The number of rotatable bonds is 9. The van der Waals surface area contributed by atoms with Crippen molar-refractivity contribution in [2.75, 3.05) is 46.1 Å². The normalized spacial score (nSPS) is 19.2. The number of ketones is 2. The van der Waals surface area contributed by atoms with Crippen molar-refractivity contribution in [3.63, 3.8) is 0 Å². The van der Waals surface area contributed by atoms with E-state index < -0.39 is 71.5 Å². The van der Waals surface area contributed by atoms with Crippen LogP contribution in [0.3, 0.4) is 0 Å². The first-order chi connectivity index (χ1) is 25.4. The second-order valence-corrected chi connectivity index (χ2v) is 15.3. The monoisotopic (exact) mass is 746 g/mol. The summed E-state index contributed by atoms with van der Waals surface area (Å²) in [7, 11) is 0. The van der Waals surface area contributed by atoms with E-state index in [1.165, 1.54) is 4.90 Å². The van der Waals surface area contributed by atoms with Crippen LogP contribution in [0.15, 0.2) is 60.7 Å². The first kappa shape index (κ1) is 39.9. The van der Waals surface area contributed by atoms with E-state index in [-0.39, 0.29) is 45.1 Å². The SMILES string of the molecule is CC(C)(C)OC(=O)N1CCOC[C@H]1C(=O)OCC(=O)c1ccc2cc(-c3ccc(C(=O)C[C@@]4(C(=O)O)COCCN4C(=O)OC(C)(C)C)cc3)ccc2c1. The minimum absolute atomic E-state index is 0.0367. The van der Waals surface area contributed by atoms with Crippen LogP contribution in [0.5, 0.6) is 0 Å². The summed E-state index contributed by atoms with van der Waals surface area (Å²) in [6, 6.07) is 16.4. The standard InChI is InChI=1S/C40H46N2O12/c1-38(2,3)53-36(48)41-15-17-50-22-31(41)34(45)52-23-33(44)30-14-13-28-19-27(11-12-29(28)20-30)25-7-9-26(10-8-25)32(43)21-40(35(46)47)24-51-18-16-42(40)37(49)54-39(4,5)6/h7-14,19-20,31H,15-18,21-24H2,1-6H3,(H,46,47)/t31-,40-/m0/s1. The number of morpholine rings is 2. The van der Waals surface area contributed by atoms with Gasteiger partial charge in [-0.15, -0.1) is 0 Å². The highest BCUT2D eigenvalue weighted by Crippen LogP contribution is 2.31. The fourth-order valence-corrected chi connectivity index (χ4v) is 6.14. The summed E-state index contributed by atoms with van der Waals surface area (Å²) in [5.41, 5.74) is -1.32. The number of hydrogen-bond acceptors (Lipinski definition) is 11. The van der Waals surface area contributed by atoms with Crippen LogP contribution in [0.4, 0.5) is 9.59 Å². The lowest BCUT2D eigenvalue weighted by Crippen LogP contribution is -2.65. The largest absolute Gasteiger partial charge is 0.479 e. The fourth-order valence-electron chi connectivity index (χ4n) is 6.14. The molecule has 2 heterocycles. The number of fused-ring (bicyclic) bond motifs is 1. The second-order valence-electron chi connectivity index (χ2n) is 15.3. The van der Waals surface area contributed by atoms with Crippen molar-refractivity contribution in [1.29, 1.82) is 0 Å². The number of carbonyl (C=O) groups excluding carboxylic acids is 5. The van der Waals surface area contributed by atoms with Gasteiger partial charge in [0.25, 0.3) is 0 Å². The number of carboxylic acids is 1. The Kier molecular flexibility index (Phi) is 11.8. The molecule has 0 saturated carbocycles. The Labute approximate surface area is 313 Å². The van der Waals surface area contributed by atoms with Gasteiger partial charge in [-0.05, 0) is 75.6 Å². The zero-order chi connectivity index (χ0) is 39.4. The van der Waals surface area contributed by atoms with Crippen molar-refractivity contribution in [3.8, 4) is 11.1 Å². The van der Waals surface area contributed by atoms with Crippen molar-refractivity contribution in [2.24, 2.45) is 0 Å². The van der Waals surface area contributed by atoms with Gasteiger partial charge in [-0.3, -0.25) is 19.4 Å². The summed E-state index contributed by atoms with van der Waals surface area (Å²) in [4.78, 5) is 79.9. The molecule has 0 radical (unpaired) electrons. The molecule has 54 heavy (non-hydrogen) atoms. The van der Waals surface area contributed by atoms with Gasteiger partial charge in [-0.2, -0.15) is 0 Å². The first-order valence-electron chi connectivity index (χ1n) is 17.6. The Morgan fingerprint density at radius 3 is 2.00 bits per heavy atom. The number of aliphatic carboxylic acids is 1. The van der Waals surface area contributed by atoms with Crippen LogP contribution in [0.1, 0.15) is 68.7 Å². The number of hydrogen-bond donors (Lipinski definition) is 1. The minimum Gasteiger partial charge on any atom is -0.479 e. The number of benzene rings is 3. The number of Topliss-reactive ketones (excluding diaryl/α,β-unsaturated/α-hetero) is 2. The summed E-state index contributed by atoms with van der Waals surface area (Å²) < 4.78 is 27.0. The molecular formula is C40H46N2O12. The predicted octanol–water partition coefficient (Wildman–Crippen LogP) is 5.53. The number of amides is 2. The van der Waals surface area contributed by atoms with Crippen molar-refractivity contribution in [3.05, 3.63) is 71.8 Å². The van der Waals surface area contributed by atoms with E-state index in [1.54, 1.807) is 84.0 Å². The molecule has 14 nitrogen and oxygen atoms in total. The Bertz CT molecular complexity index is 1930. The molecule has 14 heteroatoms. The molecule has 3 aromatic carbocycles. The van der Waals surface area contributed by atoms with Gasteiger partial charge in [0.2, 0.25) is 0 Å². The Hall–Kier alpha value is -5.34. The molecule has 0 unspecified atom stereocenters. The van der Waals surface area contributed by atoms with Gasteiger partial charge < -0.3 is 28.8 Å². The van der Waals surface area contributed by atoms with Gasteiger partial charge in [0.15, 0.2) is 29.8 Å². The third kappa shape index (κ3) is 9.41. The van der Waals surface area contributed by atoms with Gasteiger partial charge in [-0.1, -0.05) is 48.5 Å². The fraction of sp³-hybridized carbons (Fsp3) is 0.450. The zero-order valence-electron chi connectivity index (χ0n) is 31.3. The maximum absolute atomic E-state index is 13.5. The van der Waals surface area contributed by atoms with Crippen LogP contribution >= 0.6 is 0 Å². The van der Waals surface area contributed by atoms with Crippen LogP contribution < -0.4 is 0 Å². The molecule has 2 saturated heterocycles. The topological polar surface area (TPSA) is 175 Å². The molecule has 2 aliphatic rings. The molecule has 1 N–H and O–H groups in total. The Morgan fingerprint density at radius 1 is 0.741 bits per heavy atom. The van der Waals surface area contributed by atoms with E-state index in [2.05, 4.69) is 0 Å². The lowest BCUT2D eigenvalue weighted by Gasteiger charge is -2.43. The van der Waals surface area contributed by atoms with E-state index in [9.17, 15) is 33.9 Å². The predicted molar refractivity (Wildman–Crippen MR) is 195 cm³/mol. The summed E-state index contributed by atoms with van der Waals surface area (Å²) in [5, 5.41) is 11.8. The second kappa shape index (κ2) is 15.9. The highest BCUT2D eigenvalue weighted by molar-refractivity contribution is 6.03. The average molecular weight is 747 g/mol. The van der Waals surface area contributed by atoms with Crippen molar-refractivity contribution in [2.45, 2.75) is 70.7 Å². The van der Waals surface area contributed by atoms with Crippen LogP contribution in [-0.2, 0) is 33.3 Å². The molecule has 5 rings (SSSR count). The highest BCUT2D eigenvalue weighted by Gasteiger charge is 2.52. The van der Waals surface area contributed by atoms with Gasteiger partial charge >= 0.3 is 24.1 Å². The zero-order valence-corrected chi connectivity index (χ0v) is 31.3. The van der Waals surface area contributed by atoms with Gasteiger partial charge in [0, 0.05) is 30.6 Å². The molecule has 2 fully saturated rings. The molecule has 288 valence electrons. The van der Waals surface area contributed by atoms with Crippen molar-refractivity contribution < 1.29 is 57.6 Å². The van der Waals surface area contributed by atoms with E-state index in [1.807, 2.05) is 18.2 Å². The lowest BCUT2D eigenvalue weighted by atomic mass is 9.88. The molecule has 0 aromatic heterocycles. The summed E-state index contributed by atoms with van der Waals surface area (Å²) in [6.07, 6.45) is -1.99. The smallest absolute Gasteiger partial charge is 0.411 e. The molecule has 0 spiro atoms. The number of esters is 1. The molecule has 2 aliphatic heterocycles. The summed E-state index contributed by atoms with van der Waals surface area (Å²) >= 11 is 0. The van der Waals surface area contributed by atoms with Gasteiger partial charge in [-0.25, -0.2) is 19.2 Å². The summed E-state index contributed by atoms with van der Waals surface area (Å²) in [6.45, 7) is 9.73. The number of nitrogens with zero attached hydrogens (tertiary/aromatic N) is 2. The number of carbonyl (C=O) groups is 6. The van der Waals surface area contributed by atoms with Gasteiger partial charge in [0.05, 0.1) is 26.4 Å². The minimum atomic E-state index is -1.93. The average Bonchev–Trinajstić information content (AvgIpc) is 3.12. The molecule has 3 aromatic rings. The molecule has 0 aliphatic carbocycles. The van der Waals surface area contributed by atoms with Crippen LogP contribution in [0.25, 0.3) is 21.9 Å². The number of ether oxygens (including phenoxy) is 5. The number of carboxylic acid groups (broad SMARTS) is 1. The van der Waals surface area contributed by atoms with Gasteiger partial charge in [0.1, 0.15) is 11.2 Å². The van der Waals surface area contributed by atoms with E-state index in [4.69, 9.17) is 23.7 Å². The highest BCUT2D eigenvalue weighted by atomic mass is 16.6. The molecule has 0 bridgehead atoms. The third-order valence-electron chi connectivity index (χ3n) is 8.86. The van der Waals surface area contributed by atoms with Crippen LogP contribution in [0.2, 0.25) is 0 Å². The maximum Gasteiger partial charge on any atom is 0.411 e. The Balaban J connectivity index is 1.23. The van der Waals surface area contributed by atoms with E-state index in [0.29, 0.717) is 5.56 Å². The van der Waals surface area contributed by atoms with E-state index >= 15 is 0 Å². The maximum atomic E-state index is 13.5. The third-order valence-corrected chi connectivity index (χ3v) is 8.86. The summed E-state index contributed by atoms with van der Waals surface area (Å²) in [5.74, 6) is -3.02. The van der Waals surface area contributed by atoms with Crippen LogP contribution in [0, 0.1) is 0 Å². The lowest BCUT2D eigenvalue weighted by molar-refractivity contribution is -0.162. The Morgan fingerprint density at radius 2 is 1.33 bits per heavy atom. The first-order valence-corrected chi connectivity index (χ1v) is 17.6.